The van der Waals surface area contributed by atoms with Crippen LogP contribution < -0.4 is 0 Å². The Bertz CT molecular complexity index is 312. The lowest BCUT2D eigenvalue weighted by Gasteiger charge is -2.05. The maximum absolute atomic E-state index is 8.59. The monoisotopic (exact) mass is 191 g/mol. The Balaban J connectivity index is 2.78. The van der Waals surface area contributed by atoms with Gasteiger partial charge in [0.25, 0.3) is 0 Å². The zero-order chi connectivity index (χ0) is 10.6. The van der Waals surface area contributed by atoms with Crippen LogP contribution in [0.2, 0.25) is 0 Å². The second-order valence-electron chi connectivity index (χ2n) is 3.98. The minimum absolute atomic E-state index is 0.654. The molecule has 0 aromatic heterocycles. The van der Waals surface area contributed by atoms with Crippen molar-refractivity contribution in [3.8, 4) is 0 Å². The highest BCUT2D eigenvalue weighted by atomic mass is 16.4. The molecule has 2 nitrogen and oxygen atoms in total. The smallest absolute Gasteiger partial charge is 0.0836 e. The van der Waals surface area contributed by atoms with Gasteiger partial charge in [0, 0.05) is 0 Å². The fraction of sp³-hybridized carbons (Fsp3) is 0.417. The molecule has 0 unspecified atom stereocenters. The average Bonchev–Trinajstić information content (AvgIpc) is 2.17. The minimum atomic E-state index is 0.654. The Labute approximate surface area is 85.3 Å². The van der Waals surface area contributed by atoms with Gasteiger partial charge in [0.1, 0.15) is 0 Å². The molecule has 0 atom stereocenters. The Hall–Kier alpha value is -1.31. The van der Waals surface area contributed by atoms with Crippen molar-refractivity contribution in [1.82, 2.24) is 0 Å². The molecule has 0 bridgehead atoms. The van der Waals surface area contributed by atoms with E-state index in [1.165, 1.54) is 5.56 Å². The summed E-state index contributed by atoms with van der Waals surface area (Å²) in [7, 11) is 0. The molecule has 0 spiro atoms. The van der Waals surface area contributed by atoms with Crippen molar-refractivity contribution in [2.45, 2.75) is 27.2 Å². The molecule has 0 saturated heterocycles. The van der Waals surface area contributed by atoms with Gasteiger partial charge in [-0.3, -0.25) is 0 Å². The van der Waals surface area contributed by atoms with Crippen LogP contribution in [-0.2, 0) is 6.42 Å². The van der Waals surface area contributed by atoms with E-state index in [1.807, 2.05) is 12.1 Å². The Morgan fingerprint density at radius 2 is 1.86 bits per heavy atom. The molecule has 0 radical (unpaired) electrons. The van der Waals surface area contributed by atoms with E-state index in [-0.39, 0.29) is 0 Å². The lowest BCUT2D eigenvalue weighted by Crippen LogP contribution is -1.97. The number of benzene rings is 1. The summed E-state index contributed by atoms with van der Waals surface area (Å²) in [4.78, 5) is 0. The molecule has 0 aliphatic carbocycles. The van der Waals surface area contributed by atoms with Crippen LogP contribution in [0, 0.1) is 5.92 Å². The van der Waals surface area contributed by atoms with Gasteiger partial charge in [0.2, 0.25) is 0 Å². The summed E-state index contributed by atoms with van der Waals surface area (Å²) in [6.45, 7) is 6.19. The van der Waals surface area contributed by atoms with Crippen LogP contribution in [0.1, 0.15) is 31.9 Å². The minimum Gasteiger partial charge on any atom is -0.411 e. The van der Waals surface area contributed by atoms with Crippen molar-refractivity contribution >= 4 is 5.71 Å². The molecular formula is C12H17NO. The summed E-state index contributed by atoms with van der Waals surface area (Å²) < 4.78 is 0. The lowest BCUT2D eigenvalue weighted by atomic mass is 10.0. The van der Waals surface area contributed by atoms with Gasteiger partial charge >= 0.3 is 0 Å². The van der Waals surface area contributed by atoms with E-state index in [4.69, 9.17) is 5.21 Å². The molecule has 1 aromatic carbocycles. The van der Waals surface area contributed by atoms with E-state index in [1.54, 1.807) is 6.92 Å². The second-order valence-corrected chi connectivity index (χ2v) is 3.98. The van der Waals surface area contributed by atoms with E-state index in [9.17, 15) is 0 Å². The first-order valence-corrected chi connectivity index (χ1v) is 4.91. The topological polar surface area (TPSA) is 32.6 Å². The average molecular weight is 191 g/mol. The first-order valence-electron chi connectivity index (χ1n) is 4.91. The fourth-order valence-electron chi connectivity index (χ4n) is 1.41. The number of oxime groups is 1. The molecular weight excluding hydrogens is 174 g/mol. The maximum Gasteiger partial charge on any atom is 0.0836 e. The van der Waals surface area contributed by atoms with Crippen LogP contribution in [0.5, 0.6) is 0 Å². The summed E-state index contributed by atoms with van der Waals surface area (Å²) in [5.74, 6) is 0.674. The lowest BCUT2D eigenvalue weighted by molar-refractivity contribution is 0.319. The SMILES string of the molecule is C/C(=N/O)c1ccc(CC(C)C)cc1. The second kappa shape index (κ2) is 4.80. The van der Waals surface area contributed by atoms with Crippen LogP contribution in [0.3, 0.4) is 0 Å². The van der Waals surface area contributed by atoms with Gasteiger partial charge in [0.15, 0.2) is 0 Å². The molecule has 0 saturated carbocycles. The molecule has 0 heterocycles. The maximum atomic E-state index is 8.59. The van der Waals surface area contributed by atoms with Gasteiger partial charge in [-0.1, -0.05) is 43.3 Å². The highest BCUT2D eigenvalue weighted by Crippen LogP contribution is 2.10. The van der Waals surface area contributed by atoms with Crippen LogP contribution in [0.25, 0.3) is 0 Å². The zero-order valence-corrected chi connectivity index (χ0v) is 8.99. The van der Waals surface area contributed by atoms with Gasteiger partial charge in [-0.05, 0) is 30.4 Å². The van der Waals surface area contributed by atoms with Crippen molar-refractivity contribution in [3.63, 3.8) is 0 Å². The van der Waals surface area contributed by atoms with Gasteiger partial charge in [-0.15, -0.1) is 0 Å². The Kier molecular flexibility index (Phi) is 3.69. The van der Waals surface area contributed by atoms with Crippen LogP contribution in [0.4, 0.5) is 0 Å². The van der Waals surface area contributed by atoms with Crippen molar-refractivity contribution in [3.05, 3.63) is 35.4 Å². The normalized spacial score (nSPS) is 12.1. The van der Waals surface area contributed by atoms with Crippen molar-refractivity contribution < 1.29 is 5.21 Å². The summed E-state index contributed by atoms with van der Waals surface area (Å²) >= 11 is 0. The van der Waals surface area contributed by atoms with E-state index in [2.05, 4.69) is 31.1 Å². The Morgan fingerprint density at radius 3 is 2.29 bits per heavy atom. The highest BCUT2D eigenvalue weighted by molar-refractivity contribution is 5.98. The molecule has 76 valence electrons. The molecule has 0 aliphatic rings. The zero-order valence-electron chi connectivity index (χ0n) is 8.99. The van der Waals surface area contributed by atoms with E-state index in [0.29, 0.717) is 11.6 Å². The summed E-state index contributed by atoms with van der Waals surface area (Å²) in [5.41, 5.74) is 2.95. The predicted molar refractivity (Wildman–Crippen MR) is 59.0 cm³/mol. The summed E-state index contributed by atoms with van der Waals surface area (Å²) in [5, 5.41) is 11.8. The van der Waals surface area contributed by atoms with Gasteiger partial charge in [0.05, 0.1) is 5.71 Å². The highest BCUT2D eigenvalue weighted by Gasteiger charge is 2.00. The van der Waals surface area contributed by atoms with Crippen molar-refractivity contribution in [2.75, 3.05) is 0 Å². The molecule has 2 heteroatoms. The Morgan fingerprint density at radius 1 is 1.29 bits per heavy atom. The largest absolute Gasteiger partial charge is 0.411 e. The van der Waals surface area contributed by atoms with E-state index >= 15 is 0 Å². The predicted octanol–water partition coefficient (Wildman–Crippen LogP) is 3.08. The van der Waals surface area contributed by atoms with Crippen LogP contribution in [0.15, 0.2) is 29.4 Å². The van der Waals surface area contributed by atoms with Gasteiger partial charge < -0.3 is 5.21 Å². The van der Waals surface area contributed by atoms with Gasteiger partial charge in [-0.25, -0.2) is 0 Å². The third-order valence-electron chi connectivity index (χ3n) is 2.17. The molecule has 14 heavy (non-hydrogen) atoms. The molecule has 1 rings (SSSR count). The van der Waals surface area contributed by atoms with Gasteiger partial charge in [-0.2, -0.15) is 0 Å². The van der Waals surface area contributed by atoms with Crippen LogP contribution in [-0.4, -0.2) is 10.9 Å². The number of hydrogen-bond donors (Lipinski definition) is 1. The molecule has 0 amide bonds. The summed E-state index contributed by atoms with van der Waals surface area (Å²) in [6.07, 6.45) is 1.09. The first kappa shape index (κ1) is 10.8. The summed E-state index contributed by atoms with van der Waals surface area (Å²) in [6, 6.07) is 8.16. The first-order chi connectivity index (χ1) is 6.63. The number of rotatable bonds is 3. The molecule has 1 aromatic rings. The van der Waals surface area contributed by atoms with E-state index in [0.717, 1.165) is 12.0 Å². The third kappa shape index (κ3) is 2.87. The number of nitrogens with zero attached hydrogens (tertiary/aromatic N) is 1. The fourth-order valence-corrected chi connectivity index (χ4v) is 1.41. The standard InChI is InChI=1S/C12H17NO/c1-9(2)8-11-4-6-12(7-5-11)10(3)13-14/h4-7,9,14H,8H2,1-3H3/b13-10-. The quantitative estimate of drug-likeness (QED) is 0.444. The van der Waals surface area contributed by atoms with Crippen molar-refractivity contribution in [1.29, 1.82) is 0 Å². The van der Waals surface area contributed by atoms with Crippen molar-refractivity contribution in [2.24, 2.45) is 11.1 Å². The molecule has 0 aliphatic heterocycles. The molecule has 1 N–H and O–H groups in total. The molecule has 0 fully saturated rings. The van der Waals surface area contributed by atoms with E-state index < -0.39 is 0 Å². The van der Waals surface area contributed by atoms with Crippen LogP contribution >= 0.6 is 0 Å². The third-order valence-corrected chi connectivity index (χ3v) is 2.17. The number of hydrogen-bond acceptors (Lipinski definition) is 2.